The Morgan fingerprint density at radius 3 is 2.57 bits per heavy atom. The number of hydrogen-bond donors (Lipinski definition) is 3. The molecule has 0 saturated carbocycles. The summed E-state index contributed by atoms with van der Waals surface area (Å²) in [4.78, 5) is 12.4. The lowest BCUT2D eigenvalue weighted by Gasteiger charge is -2.38. The van der Waals surface area contributed by atoms with Crippen molar-refractivity contribution in [2.24, 2.45) is 0 Å². The fourth-order valence-electron chi connectivity index (χ4n) is 3.76. The van der Waals surface area contributed by atoms with Gasteiger partial charge in [-0.15, -0.1) is 0 Å². The first kappa shape index (κ1) is 19.0. The molecule has 0 radical (unpaired) electrons. The average Bonchev–Trinajstić information content (AvgIpc) is 3.08. The van der Waals surface area contributed by atoms with Crippen molar-refractivity contribution in [2.75, 3.05) is 7.11 Å². The van der Waals surface area contributed by atoms with Gasteiger partial charge in [-0.1, -0.05) is 42.5 Å². The third-order valence-electron chi connectivity index (χ3n) is 5.27. The quantitative estimate of drug-likeness (QED) is 0.569. The molecule has 0 spiro atoms. The van der Waals surface area contributed by atoms with Gasteiger partial charge in [0, 0.05) is 7.11 Å². The summed E-state index contributed by atoms with van der Waals surface area (Å²) in [5.74, 6) is -0.829. The zero-order valence-electron chi connectivity index (χ0n) is 15.3. The second-order valence-electron chi connectivity index (χ2n) is 7.07. The van der Waals surface area contributed by atoms with E-state index in [0.29, 0.717) is 0 Å². The van der Waals surface area contributed by atoms with Crippen LogP contribution in [0.4, 0.5) is 0 Å². The van der Waals surface area contributed by atoms with E-state index in [1.54, 1.807) is 0 Å². The summed E-state index contributed by atoms with van der Waals surface area (Å²) >= 11 is 0. The predicted octanol–water partition coefficient (Wildman–Crippen LogP) is 0.755. The second-order valence-corrected chi connectivity index (χ2v) is 7.07. The molecule has 0 aromatic heterocycles. The maximum atomic E-state index is 12.4. The van der Waals surface area contributed by atoms with Gasteiger partial charge in [-0.25, -0.2) is 4.79 Å². The van der Waals surface area contributed by atoms with Crippen LogP contribution < -0.4 is 0 Å². The standard InChI is InChI=1S/C21H22O7/c1-26-21-18(24)16(22)17(23)19(28-21)20(25)27-10-11-6-7-15-13(8-11)9-12-4-2-3-5-14(12)15/h2-8,16-19,21-24H,9-10H2,1H3/t16-,17-,18+,19-,21+/m0/s1. The first-order chi connectivity index (χ1) is 13.5. The van der Waals surface area contributed by atoms with Crippen molar-refractivity contribution in [2.45, 2.75) is 43.7 Å². The Labute approximate surface area is 162 Å². The highest BCUT2D eigenvalue weighted by atomic mass is 16.7. The highest BCUT2D eigenvalue weighted by Crippen LogP contribution is 2.36. The predicted molar refractivity (Wildman–Crippen MR) is 98.2 cm³/mol. The number of carbonyl (C=O) groups excluding carboxylic acids is 1. The van der Waals surface area contributed by atoms with E-state index < -0.39 is 36.7 Å². The minimum atomic E-state index is -1.61. The van der Waals surface area contributed by atoms with Crippen molar-refractivity contribution < 1.29 is 34.3 Å². The molecule has 1 heterocycles. The van der Waals surface area contributed by atoms with Crippen molar-refractivity contribution in [3.05, 3.63) is 59.2 Å². The lowest BCUT2D eigenvalue weighted by molar-refractivity contribution is -0.288. The molecule has 5 atom stereocenters. The van der Waals surface area contributed by atoms with Gasteiger partial charge in [-0.2, -0.15) is 0 Å². The Morgan fingerprint density at radius 2 is 1.79 bits per heavy atom. The van der Waals surface area contributed by atoms with Crippen molar-refractivity contribution in [1.82, 2.24) is 0 Å². The molecule has 148 valence electrons. The summed E-state index contributed by atoms with van der Waals surface area (Å²) in [7, 11) is 1.27. The number of aliphatic hydroxyl groups is 3. The molecule has 2 aromatic carbocycles. The molecule has 28 heavy (non-hydrogen) atoms. The van der Waals surface area contributed by atoms with Crippen LogP contribution in [0.25, 0.3) is 11.1 Å². The number of ether oxygens (including phenoxy) is 3. The van der Waals surface area contributed by atoms with Gasteiger partial charge >= 0.3 is 5.97 Å². The number of hydrogen-bond acceptors (Lipinski definition) is 7. The number of carbonyl (C=O) groups is 1. The van der Waals surface area contributed by atoms with Crippen molar-refractivity contribution >= 4 is 5.97 Å². The topological polar surface area (TPSA) is 105 Å². The number of methoxy groups -OCH3 is 1. The Balaban J connectivity index is 1.42. The van der Waals surface area contributed by atoms with Crippen LogP contribution >= 0.6 is 0 Å². The van der Waals surface area contributed by atoms with Crippen LogP contribution in [0.3, 0.4) is 0 Å². The molecule has 7 heteroatoms. The van der Waals surface area contributed by atoms with E-state index in [0.717, 1.165) is 12.0 Å². The molecule has 0 unspecified atom stereocenters. The minimum absolute atomic E-state index is 0.00529. The summed E-state index contributed by atoms with van der Waals surface area (Å²) in [5, 5.41) is 29.7. The fraction of sp³-hybridized carbons (Fsp3) is 0.381. The van der Waals surface area contributed by atoms with Gasteiger partial charge in [0.15, 0.2) is 12.4 Å². The third-order valence-corrected chi connectivity index (χ3v) is 5.27. The lowest BCUT2D eigenvalue weighted by Crippen LogP contribution is -2.60. The van der Waals surface area contributed by atoms with Gasteiger partial charge < -0.3 is 29.5 Å². The van der Waals surface area contributed by atoms with Gasteiger partial charge in [0.25, 0.3) is 0 Å². The monoisotopic (exact) mass is 386 g/mol. The molecule has 1 fully saturated rings. The van der Waals surface area contributed by atoms with E-state index in [2.05, 4.69) is 12.1 Å². The van der Waals surface area contributed by atoms with Gasteiger partial charge in [0.2, 0.25) is 0 Å². The number of fused-ring (bicyclic) bond motifs is 3. The molecule has 4 rings (SSSR count). The number of esters is 1. The Kier molecular flexibility index (Phi) is 5.18. The lowest BCUT2D eigenvalue weighted by atomic mass is 9.99. The van der Waals surface area contributed by atoms with Crippen molar-refractivity contribution in [3.8, 4) is 11.1 Å². The molecular formula is C21H22O7. The van der Waals surface area contributed by atoms with Crippen LogP contribution in [-0.2, 0) is 32.0 Å². The number of rotatable bonds is 4. The van der Waals surface area contributed by atoms with Gasteiger partial charge in [-0.05, 0) is 34.2 Å². The minimum Gasteiger partial charge on any atom is -0.459 e. The van der Waals surface area contributed by atoms with Crippen LogP contribution in [0.1, 0.15) is 16.7 Å². The van der Waals surface area contributed by atoms with E-state index in [9.17, 15) is 20.1 Å². The maximum absolute atomic E-state index is 12.4. The van der Waals surface area contributed by atoms with E-state index >= 15 is 0 Å². The SMILES string of the molecule is CO[C@@H]1O[C@H](C(=O)OCc2ccc3c(c2)Cc2ccccc2-3)[C@@H](O)[C@H](O)[C@H]1O. The molecule has 1 aliphatic carbocycles. The van der Waals surface area contributed by atoms with Crippen LogP contribution in [0.15, 0.2) is 42.5 Å². The summed E-state index contributed by atoms with van der Waals surface area (Å²) in [5.41, 5.74) is 5.65. The fourth-order valence-corrected chi connectivity index (χ4v) is 3.76. The molecular weight excluding hydrogens is 364 g/mol. The second kappa shape index (κ2) is 7.62. The van der Waals surface area contributed by atoms with E-state index in [1.165, 1.54) is 29.4 Å². The van der Waals surface area contributed by atoms with Crippen LogP contribution in [-0.4, -0.2) is 59.1 Å². The van der Waals surface area contributed by atoms with Gasteiger partial charge in [0.05, 0.1) is 0 Å². The summed E-state index contributed by atoms with van der Waals surface area (Å²) in [6, 6.07) is 14.1. The average molecular weight is 386 g/mol. The highest BCUT2D eigenvalue weighted by Gasteiger charge is 2.47. The number of aliphatic hydroxyl groups excluding tert-OH is 3. The Morgan fingerprint density at radius 1 is 1.04 bits per heavy atom. The first-order valence-corrected chi connectivity index (χ1v) is 9.08. The van der Waals surface area contributed by atoms with Crippen molar-refractivity contribution in [1.29, 1.82) is 0 Å². The van der Waals surface area contributed by atoms with Gasteiger partial charge in [0.1, 0.15) is 24.9 Å². The summed E-state index contributed by atoms with van der Waals surface area (Å²) in [6.07, 6.45) is -6.48. The van der Waals surface area contributed by atoms with E-state index in [4.69, 9.17) is 14.2 Å². The Bertz CT molecular complexity index is 879. The molecule has 0 amide bonds. The zero-order chi connectivity index (χ0) is 19.8. The zero-order valence-corrected chi connectivity index (χ0v) is 15.3. The van der Waals surface area contributed by atoms with Gasteiger partial charge in [-0.3, -0.25) is 0 Å². The largest absolute Gasteiger partial charge is 0.459 e. The third kappa shape index (κ3) is 3.32. The summed E-state index contributed by atoms with van der Waals surface area (Å²) in [6.45, 7) is 0.00529. The highest BCUT2D eigenvalue weighted by molar-refractivity contribution is 5.77. The molecule has 0 bridgehead atoms. The summed E-state index contributed by atoms with van der Waals surface area (Å²) < 4.78 is 15.4. The maximum Gasteiger partial charge on any atom is 0.338 e. The molecule has 1 aliphatic heterocycles. The number of benzene rings is 2. The van der Waals surface area contributed by atoms with E-state index in [-0.39, 0.29) is 6.61 Å². The first-order valence-electron chi connectivity index (χ1n) is 9.08. The normalized spacial score (nSPS) is 28.5. The Hall–Kier alpha value is -2.29. The van der Waals surface area contributed by atoms with Crippen LogP contribution in [0.2, 0.25) is 0 Å². The van der Waals surface area contributed by atoms with Crippen molar-refractivity contribution in [3.63, 3.8) is 0 Å². The molecule has 3 N–H and O–H groups in total. The molecule has 2 aliphatic rings. The molecule has 7 nitrogen and oxygen atoms in total. The van der Waals surface area contributed by atoms with Crippen LogP contribution in [0.5, 0.6) is 0 Å². The van der Waals surface area contributed by atoms with Crippen LogP contribution in [0, 0.1) is 0 Å². The molecule has 1 saturated heterocycles. The molecule has 2 aromatic rings. The van der Waals surface area contributed by atoms with E-state index in [1.807, 2.05) is 30.3 Å². The smallest absolute Gasteiger partial charge is 0.338 e.